The standard InChI is InChI=1S/C9H7BrF2N2/c10-5-6-3-7(1-2-13)14-8(4-6)9(11)12/h3-4,9H,1,5H2. The quantitative estimate of drug-likeness (QED) is 0.784. The Labute approximate surface area is 88.7 Å². The molecule has 14 heavy (non-hydrogen) atoms. The summed E-state index contributed by atoms with van der Waals surface area (Å²) in [5.74, 6) is 0. The molecule has 0 radical (unpaired) electrons. The maximum atomic E-state index is 12.3. The molecule has 1 heterocycles. The maximum absolute atomic E-state index is 12.3. The number of halogens is 3. The maximum Gasteiger partial charge on any atom is 0.280 e. The lowest BCUT2D eigenvalue weighted by atomic mass is 10.2. The molecule has 0 spiro atoms. The molecule has 0 aliphatic heterocycles. The van der Waals surface area contributed by atoms with Gasteiger partial charge >= 0.3 is 0 Å². The summed E-state index contributed by atoms with van der Waals surface area (Å²) in [5.41, 5.74) is 0.826. The molecule has 1 aromatic rings. The molecule has 0 bridgehead atoms. The van der Waals surface area contributed by atoms with Crippen molar-refractivity contribution < 1.29 is 8.78 Å². The first-order valence-corrected chi connectivity index (χ1v) is 5.00. The first-order valence-electron chi connectivity index (χ1n) is 3.88. The number of nitrogens with zero attached hydrogens (tertiary/aromatic N) is 2. The molecule has 1 aromatic heterocycles. The fourth-order valence-electron chi connectivity index (χ4n) is 1.04. The van der Waals surface area contributed by atoms with E-state index in [-0.39, 0.29) is 12.1 Å². The minimum Gasteiger partial charge on any atom is -0.251 e. The molecular weight excluding hydrogens is 254 g/mol. The van der Waals surface area contributed by atoms with Gasteiger partial charge < -0.3 is 0 Å². The van der Waals surface area contributed by atoms with Crippen molar-refractivity contribution >= 4 is 15.9 Å². The van der Waals surface area contributed by atoms with Gasteiger partial charge in [-0.2, -0.15) is 5.26 Å². The van der Waals surface area contributed by atoms with Crippen LogP contribution in [0, 0.1) is 11.3 Å². The van der Waals surface area contributed by atoms with Gasteiger partial charge in [-0.15, -0.1) is 0 Å². The first-order chi connectivity index (χ1) is 6.67. The van der Waals surface area contributed by atoms with E-state index in [2.05, 4.69) is 20.9 Å². The monoisotopic (exact) mass is 260 g/mol. The van der Waals surface area contributed by atoms with Crippen molar-refractivity contribution in [2.75, 3.05) is 0 Å². The fraction of sp³-hybridized carbons (Fsp3) is 0.333. The second kappa shape index (κ2) is 5.01. The Morgan fingerprint density at radius 2 is 2.21 bits per heavy atom. The summed E-state index contributed by atoms with van der Waals surface area (Å²) in [7, 11) is 0. The highest BCUT2D eigenvalue weighted by atomic mass is 79.9. The molecule has 0 aliphatic rings. The SMILES string of the molecule is N#CCc1cc(CBr)cc(C(F)F)n1. The molecule has 5 heteroatoms. The molecule has 0 saturated carbocycles. The normalized spacial score (nSPS) is 10.2. The van der Waals surface area contributed by atoms with Crippen LogP contribution in [0.15, 0.2) is 12.1 Å². The van der Waals surface area contributed by atoms with Crippen LogP contribution in [0.2, 0.25) is 0 Å². The van der Waals surface area contributed by atoms with E-state index in [1.807, 2.05) is 6.07 Å². The van der Waals surface area contributed by atoms with E-state index in [0.717, 1.165) is 0 Å². The van der Waals surface area contributed by atoms with Crippen LogP contribution in [0.25, 0.3) is 0 Å². The van der Waals surface area contributed by atoms with Gasteiger partial charge in [0, 0.05) is 5.33 Å². The Hall–Kier alpha value is -1.02. The van der Waals surface area contributed by atoms with Crippen LogP contribution in [0.3, 0.4) is 0 Å². The highest BCUT2D eigenvalue weighted by Crippen LogP contribution is 2.19. The summed E-state index contributed by atoms with van der Waals surface area (Å²) in [6.07, 6.45) is -2.54. The number of aromatic nitrogens is 1. The van der Waals surface area contributed by atoms with Crippen LogP contribution in [-0.2, 0) is 11.8 Å². The van der Waals surface area contributed by atoms with Crippen LogP contribution >= 0.6 is 15.9 Å². The van der Waals surface area contributed by atoms with E-state index in [1.54, 1.807) is 6.07 Å². The molecule has 0 amide bonds. The molecule has 0 unspecified atom stereocenters. The highest BCUT2D eigenvalue weighted by Gasteiger charge is 2.11. The lowest BCUT2D eigenvalue weighted by Gasteiger charge is -2.04. The van der Waals surface area contributed by atoms with Crippen molar-refractivity contribution in [1.29, 1.82) is 5.26 Å². The number of rotatable bonds is 3. The minimum atomic E-state index is -2.59. The van der Waals surface area contributed by atoms with Gasteiger partial charge in [0.05, 0.1) is 18.2 Å². The summed E-state index contributed by atoms with van der Waals surface area (Å²) in [6.45, 7) is 0. The number of alkyl halides is 3. The Morgan fingerprint density at radius 1 is 1.50 bits per heavy atom. The third-order valence-corrected chi connectivity index (χ3v) is 2.24. The van der Waals surface area contributed by atoms with E-state index in [4.69, 9.17) is 5.26 Å². The molecule has 0 aromatic carbocycles. The average molecular weight is 261 g/mol. The molecule has 1 rings (SSSR count). The lowest BCUT2D eigenvalue weighted by molar-refractivity contribution is 0.145. The number of nitriles is 1. The molecule has 74 valence electrons. The first kappa shape index (κ1) is 11.1. The van der Waals surface area contributed by atoms with Crippen LogP contribution in [-0.4, -0.2) is 4.98 Å². The van der Waals surface area contributed by atoms with Crippen molar-refractivity contribution in [3.63, 3.8) is 0 Å². The van der Waals surface area contributed by atoms with Crippen LogP contribution < -0.4 is 0 Å². The van der Waals surface area contributed by atoms with Gasteiger partial charge in [-0.3, -0.25) is 4.98 Å². The third-order valence-electron chi connectivity index (χ3n) is 1.60. The molecule has 0 N–H and O–H groups in total. The second-order valence-corrected chi connectivity index (χ2v) is 3.22. The number of hydrogen-bond donors (Lipinski definition) is 0. The Bertz CT molecular complexity index is 360. The predicted octanol–water partition coefficient (Wildman–Crippen LogP) is 2.98. The lowest BCUT2D eigenvalue weighted by Crippen LogP contribution is -1.97. The molecular formula is C9H7BrF2N2. The van der Waals surface area contributed by atoms with Gasteiger partial charge in [-0.1, -0.05) is 15.9 Å². The third kappa shape index (κ3) is 2.74. The van der Waals surface area contributed by atoms with E-state index in [1.165, 1.54) is 6.07 Å². The van der Waals surface area contributed by atoms with Gasteiger partial charge in [0.25, 0.3) is 6.43 Å². The largest absolute Gasteiger partial charge is 0.280 e. The van der Waals surface area contributed by atoms with Crippen molar-refractivity contribution in [3.05, 3.63) is 29.1 Å². The Morgan fingerprint density at radius 3 is 2.71 bits per heavy atom. The van der Waals surface area contributed by atoms with Crippen molar-refractivity contribution in [2.45, 2.75) is 18.2 Å². The Kier molecular flexibility index (Phi) is 3.96. The molecule has 2 nitrogen and oxygen atoms in total. The molecule has 0 aliphatic carbocycles. The van der Waals surface area contributed by atoms with E-state index in [0.29, 0.717) is 16.6 Å². The topological polar surface area (TPSA) is 36.7 Å². The van der Waals surface area contributed by atoms with E-state index < -0.39 is 6.43 Å². The van der Waals surface area contributed by atoms with Crippen LogP contribution in [0.1, 0.15) is 23.4 Å². The van der Waals surface area contributed by atoms with Gasteiger partial charge in [-0.05, 0) is 17.7 Å². The van der Waals surface area contributed by atoms with Gasteiger partial charge in [0.15, 0.2) is 0 Å². The fourth-order valence-corrected chi connectivity index (χ4v) is 1.36. The van der Waals surface area contributed by atoms with Gasteiger partial charge in [-0.25, -0.2) is 8.78 Å². The summed E-state index contributed by atoms with van der Waals surface area (Å²) in [4.78, 5) is 3.68. The summed E-state index contributed by atoms with van der Waals surface area (Å²) in [6, 6.07) is 4.86. The van der Waals surface area contributed by atoms with Crippen molar-refractivity contribution in [2.24, 2.45) is 0 Å². The molecule has 0 fully saturated rings. The Balaban J connectivity index is 3.08. The number of pyridine rings is 1. The van der Waals surface area contributed by atoms with Crippen molar-refractivity contribution in [1.82, 2.24) is 4.98 Å². The van der Waals surface area contributed by atoms with E-state index in [9.17, 15) is 8.78 Å². The highest BCUT2D eigenvalue weighted by molar-refractivity contribution is 9.08. The molecule has 0 saturated heterocycles. The minimum absolute atomic E-state index is 0.0561. The zero-order valence-corrected chi connectivity index (χ0v) is 8.76. The van der Waals surface area contributed by atoms with E-state index >= 15 is 0 Å². The average Bonchev–Trinajstić information content (AvgIpc) is 2.17. The smallest absolute Gasteiger partial charge is 0.251 e. The zero-order valence-electron chi connectivity index (χ0n) is 7.17. The van der Waals surface area contributed by atoms with Crippen LogP contribution in [0.5, 0.6) is 0 Å². The van der Waals surface area contributed by atoms with Crippen molar-refractivity contribution in [3.8, 4) is 6.07 Å². The summed E-state index contributed by atoms with van der Waals surface area (Å²) < 4.78 is 24.7. The number of hydrogen-bond acceptors (Lipinski definition) is 2. The predicted molar refractivity (Wildman–Crippen MR) is 51.1 cm³/mol. The second-order valence-electron chi connectivity index (χ2n) is 2.66. The van der Waals surface area contributed by atoms with Crippen LogP contribution in [0.4, 0.5) is 8.78 Å². The zero-order chi connectivity index (χ0) is 10.6. The van der Waals surface area contributed by atoms with Gasteiger partial charge in [0.1, 0.15) is 5.69 Å². The van der Waals surface area contributed by atoms with Gasteiger partial charge in [0.2, 0.25) is 0 Å². The summed E-state index contributed by atoms with van der Waals surface area (Å²) >= 11 is 3.17. The molecule has 0 atom stereocenters. The summed E-state index contributed by atoms with van der Waals surface area (Å²) in [5, 5.41) is 8.90.